The SMILES string of the molecule is CCN(CC)S(=O)(=O)c1ccccc1CNC. The molecule has 0 heterocycles. The molecule has 0 fully saturated rings. The molecule has 0 amide bonds. The van der Waals surface area contributed by atoms with Gasteiger partial charge in [0.15, 0.2) is 0 Å². The highest BCUT2D eigenvalue weighted by Gasteiger charge is 2.23. The van der Waals surface area contributed by atoms with E-state index in [2.05, 4.69) is 5.32 Å². The first-order valence-electron chi connectivity index (χ1n) is 5.80. The predicted molar refractivity (Wildman–Crippen MR) is 69.3 cm³/mol. The van der Waals surface area contributed by atoms with E-state index < -0.39 is 10.0 Å². The van der Waals surface area contributed by atoms with E-state index in [4.69, 9.17) is 0 Å². The third kappa shape index (κ3) is 3.06. The number of sulfonamides is 1. The maximum Gasteiger partial charge on any atom is 0.243 e. The summed E-state index contributed by atoms with van der Waals surface area (Å²) in [5.41, 5.74) is 0.807. The lowest BCUT2D eigenvalue weighted by molar-refractivity contribution is 0.444. The molecular formula is C12H20N2O2S. The van der Waals surface area contributed by atoms with Crippen molar-refractivity contribution in [2.24, 2.45) is 0 Å². The van der Waals surface area contributed by atoms with Gasteiger partial charge in [0.1, 0.15) is 0 Å². The van der Waals surface area contributed by atoms with Gasteiger partial charge in [0, 0.05) is 19.6 Å². The number of hydrogen-bond donors (Lipinski definition) is 1. The Morgan fingerprint density at radius 2 is 1.76 bits per heavy atom. The Balaban J connectivity index is 3.23. The van der Waals surface area contributed by atoms with Crippen LogP contribution in [0.25, 0.3) is 0 Å². The zero-order valence-corrected chi connectivity index (χ0v) is 11.4. The van der Waals surface area contributed by atoms with Gasteiger partial charge in [0.05, 0.1) is 4.90 Å². The molecule has 17 heavy (non-hydrogen) atoms. The second-order valence-electron chi connectivity index (χ2n) is 3.73. The maximum atomic E-state index is 12.4. The maximum absolute atomic E-state index is 12.4. The molecule has 1 rings (SSSR count). The quantitative estimate of drug-likeness (QED) is 0.838. The van der Waals surface area contributed by atoms with Crippen molar-refractivity contribution in [3.05, 3.63) is 29.8 Å². The van der Waals surface area contributed by atoms with Gasteiger partial charge in [-0.2, -0.15) is 4.31 Å². The number of nitrogens with zero attached hydrogens (tertiary/aromatic N) is 1. The van der Waals surface area contributed by atoms with Gasteiger partial charge in [-0.15, -0.1) is 0 Å². The van der Waals surface area contributed by atoms with Crippen molar-refractivity contribution in [1.82, 2.24) is 9.62 Å². The Morgan fingerprint density at radius 1 is 1.18 bits per heavy atom. The summed E-state index contributed by atoms with van der Waals surface area (Å²) in [6.45, 7) is 5.24. The van der Waals surface area contributed by atoms with Gasteiger partial charge in [-0.25, -0.2) is 8.42 Å². The third-order valence-corrected chi connectivity index (χ3v) is 4.81. The molecule has 0 saturated carbocycles. The van der Waals surface area contributed by atoms with Crippen molar-refractivity contribution in [1.29, 1.82) is 0 Å². The van der Waals surface area contributed by atoms with Gasteiger partial charge in [0.2, 0.25) is 10.0 Å². The molecule has 1 aromatic carbocycles. The van der Waals surface area contributed by atoms with Crippen LogP contribution in [0.2, 0.25) is 0 Å². The minimum absolute atomic E-state index is 0.401. The molecule has 0 radical (unpaired) electrons. The molecule has 1 N–H and O–H groups in total. The third-order valence-electron chi connectivity index (χ3n) is 2.66. The average Bonchev–Trinajstić information content (AvgIpc) is 2.31. The van der Waals surface area contributed by atoms with Crippen molar-refractivity contribution in [3.63, 3.8) is 0 Å². The molecule has 0 spiro atoms. The zero-order valence-electron chi connectivity index (χ0n) is 10.6. The van der Waals surface area contributed by atoms with Crippen molar-refractivity contribution < 1.29 is 8.42 Å². The summed E-state index contributed by atoms with van der Waals surface area (Å²) in [7, 11) is -1.55. The Kier molecular flexibility index (Phi) is 5.11. The van der Waals surface area contributed by atoms with Crippen LogP contribution in [-0.2, 0) is 16.6 Å². The molecule has 0 aromatic heterocycles. The first kappa shape index (κ1) is 14.2. The fraction of sp³-hybridized carbons (Fsp3) is 0.500. The number of rotatable bonds is 6. The molecule has 0 atom stereocenters. The van der Waals surface area contributed by atoms with Gasteiger partial charge < -0.3 is 5.32 Å². The average molecular weight is 256 g/mol. The fourth-order valence-corrected chi connectivity index (χ4v) is 3.47. The molecule has 0 aliphatic rings. The summed E-state index contributed by atoms with van der Waals surface area (Å²) in [5, 5.41) is 2.99. The highest BCUT2D eigenvalue weighted by atomic mass is 32.2. The lowest BCUT2D eigenvalue weighted by Gasteiger charge is -2.20. The predicted octanol–water partition coefficient (Wildman–Crippen LogP) is 1.44. The van der Waals surface area contributed by atoms with Crippen LogP contribution in [-0.4, -0.2) is 32.9 Å². The van der Waals surface area contributed by atoms with E-state index in [-0.39, 0.29) is 0 Å². The molecular weight excluding hydrogens is 236 g/mol. The topological polar surface area (TPSA) is 49.4 Å². The van der Waals surface area contributed by atoms with E-state index in [1.807, 2.05) is 26.0 Å². The lowest BCUT2D eigenvalue weighted by Crippen LogP contribution is -2.31. The van der Waals surface area contributed by atoms with E-state index >= 15 is 0 Å². The molecule has 0 aliphatic carbocycles. The minimum atomic E-state index is -3.36. The van der Waals surface area contributed by atoms with Crippen molar-refractivity contribution in [2.75, 3.05) is 20.1 Å². The van der Waals surface area contributed by atoms with Gasteiger partial charge in [-0.05, 0) is 18.7 Å². The van der Waals surface area contributed by atoms with Gasteiger partial charge in [-0.3, -0.25) is 0 Å². The van der Waals surface area contributed by atoms with E-state index in [1.165, 1.54) is 4.31 Å². The molecule has 0 unspecified atom stereocenters. The Hall–Kier alpha value is -0.910. The van der Waals surface area contributed by atoms with Crippen molar-refractivity contribution >= 4 is 10.0 Å². The summed E-state index contributed by atoms with van der Waals surface area (Å²) in [5.74, 6) is 0. The number of nitrogens with one attached hydrogen (secondary N) is 1. The largest absolute Gasteiger partial charge is 0.316 e. The standard InChI is InChI=1S/C12H20N2O2S/c1-4-14(5-2)17(15,16)12-9-7-6-8-11(12)10-13-3/h6-9,13H,4-5,10H2,1-3H3. The van der Waals surface area contributed by atoms with Crippen LogP contribution in [0, 0.1) is 0 Å². The first-order valence-corrected chi connectivity index (χ1v) is 7.24. The van der Waals surface area contributed by atoms with E-state index in [0.29, 0.717) is 24.5 Å². The van der Waals surface area contributed by atoms with Crippen LogP contribution < -0.4 is 5.32 Å². The highest BCUT2D eigenvalue weighted by Crippen LogP contribution is 2.19. The molecule has 0 bridgehead atoms. The molecule has 96 valence electrons. The number of benzene rings is 1. The molecule has 5 heteroatoms. The summed E-state index contributed by atoms with van der Waals surface area (Å²) < 4.78 is 26.3. The second kappa shape index (κ2) is 6.14. The first-order chi connectivity index (χ1) is 8.07. The van der Waals surface area contributed by atoms with E-state index in [9.17, 15) is 8.42 Å². The van der Waals surface area contributed by atoms with Crippen molar-refractivity contribution in [3.8, 4) is 0 Å². The molecule has 0 aliphatic heterocycles. The van der Waals surface area contributed by atoms with Crippen LogP contribution in [0.15, 0.2) is 29.2 Å². The van der Waals surface area contributed by atoms with Gasteiger partial charge in [-0.1, -0.05) is 32.0 Å². The molecule has 4 nitrogen and oxygen atoms in total. The highest BCUT2D eigenvalue weighted by molar-refractivity contribution is 7.89. The Bertz CT molecular complexity index is 453. The van der Waals surface area contributed by atoms with E-state index in [0.717, 1.165) is 5.56 Å². The zero-order chi connectivity index (χ0) is 12.9. The van der Waals surface area contributed by atoms with Crippen LogP contribution in [0.4, 0.5) is 0 Å². The van der Waals surface area contributed by atoms with Gasteiger partial charge >= 0.3 is 0 Å². The molecule has 0 saturated heterocycles. The normalized spacial score (nSPS) is 12.0. The Morgan fingerprint density at radius 3 is 2.29 bits per heavy atom. The summed E-state index contributed by atoms with van der Waals surface area (Å²) in [6, 6.07) is 7.12. The van der Waals surface area contributed by atoms with Crippen LogP contribution in [0.5, 0.6) is 0 Å². The number of hydrogen-bond acceptors (Lipinski definition) is 3. The van der Waals surface area contributed by atoms with E-state index in [1.54, 1.807) is 19.2 Å². The minimum Gasteiger partial charge on any atom is -0.316 e. The summed E-state index contributed by atoms with van der Waals surface area (Å²) in [6.07, 6.45) is 0. The Labute approximate surface area is 104 Å². The summed E-state index contributed by atoms with van der Waals surface area (Å²) >= 11 is 0. The van der Waals surface area contributed by atoms with Crippen LogP contribution >= 0.6 is 0 Å². The van der Waals surface area contributed by atoms with Crippen LogP contribution in [0.3, 0.4) is 0 Å². The van der Waals surface area contributed by atoms with Crippen LogP contribution in [0.1, 0.15) is 19.4 Å². The van der Waals surface area contributed by atoms with Crippen molar-refractivity contribution in [2.45, 2.75) is 25.3 Å². The lowest BCUT2D eigenvalue weighted by atomic mass is 10.2. The van der Waals surface area contributed by atoms with Gasteiger partial charge in [0.25, 0.3) is 0 Å². The smallest absolute Gasteiger partial charge is 0.243 e. The summed E-state index contributed by atoms with van der Waals surface area (Å²) in [4.78, 5) is 0.401. The monoisotopic (exact) mass is 256 g/mol. The molecule has 1 aromatic rings. The fourth-order valence-electron chi connectivity index (χ4n) is 1.79. The second-order valence-corrected chi connectivity index (χ2v) is 5.63.